The molecular formula is C11H12F4N2O3. The highest BCUT2D eigenvalue weighted by Gasteiger charge is 2.33. The number of esters is 1. The lowest BCUT2D eigenvalue weighted by atomic mass is 10.2. The number of ether oxygens (including phenoxy) is 2. The summed E-state index contributed by atoms with van der Waals surface area (Å²) in [4.78, 5) is 14.8. The van der Waals surface area contributed by atoms with E-state index >= 15 is 0 Å². The van der Waals surface area contributed by atoms with E-state index in [0.717, 1.165) is 0 Å². The van der Waals surface area contributed by atoms with E-state index < -0.39 is 36.9 Å². The van der Waals surface area contributed by atoms with Gasteiger partial charge < -0.3 is 15.2 Å². The van der Waals surface area contributed by atoms with Gasteiger partial charge in [-0.05, 0) is 6.92 Å². The highest BCUT2D eigenvalue weighted by Crippen LogP contribution is 2.27. The third kappa shape index (κ3) is 4.65. The number of halogens is 4. The fourth-order valence-corrected chi connectivity index (χ4v) is 1.39. The zero-order valence-corrected chi connectivity index (χ0v) is 10.5. The van der Waals surface area contributed by atoms with Crippen molar-refractivity contribution >= 4 is 5.97 Å². The van der Waals surface area contributed by atoms with Crippen LogP contribution in [0, 0.1) is 5.82 Å². The monoisotopic (exact) mass is 296 g/mol. The van der Waals surface area contributed by atoms with Crippen LogP contribution in [0.3, 0.4) is 0 Å². The molecule has 112 valence electrons. The van der Waals surface area contributed by atoms with E-state index in [1.807, 2.05) is 0 Å². The number of aromatic nitrogens is 1. The lowest BCUT2D eigenvalue weighted by molar-refractivity contribution is -0.275. The van der Waals surface area contributed by atoms with Crippen LogP contribution in [-0.2, 0) is 22.5 Å². The first-order valence-electron chi connectivity index (χ1n) is 5.56. The average molecular weight is 296 g/mol. The smallest absolute Gasteiger partial charge is 0.466 e. The summed E-state index contributed by atoms with van der Waals surface area (Å²) < 4.78 is 58.1. The molecule has 1 aromatic rings. The summed E-state index contributed by atoms with van der Waals surface area (Å²) in [7, 11) is 0. The van der Waals surface area contributed by atoms with E-state index in [4.69, 9.17) is 5.73 Å². The number of pyridine rings is 1. The molecular weight excluding hydrogens is 284 g/mol. The maximum Gasteiger partial charge on any atom is 0.573 e. The first-order valence-corrected chi connectivity index (χ1v) is 5.56. The second kappa shape index (κ2) is 6.51. The standard InChI is InChI=1S/C11H12F4N2O3/c1-2-19-10(18)4-7-6(12)3-9(8(5-16)17-7)20-11(13,14)15/h3H,2,4-5,16H2,1H3. The molecule has 0 unspecified atom stereocenters. The number of hydrogen-bond donors (Lipinski definition) is 1. The molecule has 0 spiro atoms. The number of rotatable bonds is 5. The number of nitrogens with zero attached hydrogens (tertiary/aromatic N) is 1. The maximum atomic E-state index is 13.6. The molecule has 1 aromatic heterocycles. The van der Waals surface area contributed by atoms with Crippen molar-refractivity contribution in [1.82, 2.24) is 4.98 Å². The summed E-state index contributed by atoms with van der Waals surface area (Å²) in [6.07, 6.45) is -5.49. The minimum absolute atomic E-state index is 0.0967. The molecule has 0 amide bonds. The zero-order valence-electron chi connectivity index (χ0n) is 10.5. The van der Waals surface area contributed by atoms with Gasteiger partial charge in [0.15, 0.2) is 5.75 Å². The highest BCUT2D eigenvalue weighted by atomic mass is 19.4. The number of hydrogen-bond acceptors (Lipinski definition) is 5. The summed E-state index contributed by atoms with van der Waals surface area (Å²) in [5.41, 5.74) is 4.58. The van der Waals surface area contributed by atoms with Crippen LogP contribution in [0.25, 0.3) is 0 Å². The van der Waals surface area contributed by atoms with Crippen molar-refractivity contribution in [3.05, 3.63) is 23.3 Å². The third-order valence-corrected chi connectivity index (χ3v) is 2.12. The number of carbonyl (C=O) groups is 1. The Labute approximate surface area is 111 Å². The van der Waals surface area contributed by atoms with Crippen molar-refractivity contribution in [2.75, 3.05) is 6.61 Å². The van der Waals surface area contributed by atoms with E-state index in [0.29, 0.717) is 6.07 Å². The molecule has 1 heterocycles. The van der Waals surface area contributed by atoms with Crippen molar-refractivity contribution in [2.45, 2.75) is 26.3 Å². The van der Waals surface area contributed by atoms with Gasteiger partial charge in [-0.25, -0.2) is 9.37 Å². The van der Waals surface area contributed by atoms with Crippen LogP contribution in [0.4, 0.5) is 17.6 Å². The average Bonchev–Trinajstić information content (AvgIpc) is 2.31. The second-order valence-corrected chi connectivity index (χ2v) is 3.60. The van der Waals surface area contributed by atoms with Crippen LogP contribution in [0.1, 0.15) is 18.3 Å². The Morgan fingerprint density at radius 2 is 2.05 bits per heavy atom. The summed E-state index contributed by atoms with van der Waals surface area (Å²) in [6, 6.07) is 0.497. The molecule has 0 aliphatic heterocycles. The van der Waals surface area contributed by atoms with Crippen molar-refractivity contribution in [3.63, 3.8) is 0 Å². The summed E-state index contributed by atoms with van der Waals surface area (Å²) in [5.74, 6) is -2.68. The van der Waals surface area contributed by atoms with Crippen LogP contribution in [-0.4, -0.2) is 23.9 Å². The van der Waals surface area contributed by atoms with E-state index in [9.17, 15) is 22.4 Å². The Morgan fingerprint density at radius 1 is 1.40 bits per heavy atom. The Kier molecular flexibility index (Phi) is 5.26. The lowest BCUT2D eigenvalue weighted by Gasteiger charge is -2.13. The Morgan fingerprint density at radius 3 is 2.55 bits per heavy atom. The van der Waals surface area contributed by atoms with Gasteiger partial charge in [0.05, 0.1) is 24.4 Å². The molecule has 20 heavy (non-hydrogen) atoms. The van der Waals surface area contributed by atoms with Gasteiger partial charge in [0.2, 0.25) is 0 Å². The van der Waals surface area contributed by atoms with Gasteiger partial charge in [-0.15, -0.1) is 13.2 Å². The van der Waals surface area contributed by atoms with Crippen LogP contribution in [0.15, 0.2) is 6.07 Å². The molecule has 1 rings (SSSR count). The minimum Gasteiger partial charge on any atom is -0.466 e. The van der Waals surface area contributed by atoms with Gasteiger partial charge in [-0.1, -0.05) is 0 Å². The van der Waals surface area contributed by atoms with Crippen molar-refractivity contribution < 1.29 is 31.8 Å². The van der Waals surface area contributed by atoms with E-state index in [-0.39, 0.29) is 18.0 Å². The largest absolute Gasteiger partial charge is 0.573 e. The molecule has 0 atom stereocenters. The molecule has 0 aromatic carbocycles. The maximum absolute atomic E-state index is 13.6. The highest BCUT2D eigenvalue weighted by molar-refractivity contribution is 5.72. The molecule has 2 N–H and O–H groups in total. The molecule has 0 saturated heterocycles. The number of alkyl halides is 3. The van der Waals surface area contributed by atoms with Gasteiger partial charge in [-0.2, -0.15) is 0 Å². The molecule has 9 heteroatoms. The summed E-state index contributed by atoms with van der Waals surface area (Å²) in [6.45, 7) is 1.26. The number of nitrogens with two attached hydrogens (primary N) is 1. The summed E-state index contributed by atoms with van der Waals surface area (Å²) >= 11 is 0. The first-order chi connectivity index (χ1) is 9.26. The first kappa shape index (κ1) is 16.2. The van der Waals surface area contributed by atoms with Crippen molar-refractivity contribution in [2.24, 2.45) is 5.73 Å². The van der Waals surface area contributed by atoms with Crippen molar-refractivity contribution in [1.29, 1.82) is 0 Å². The molecule has 0 bridgehead atoms. The molecule has 0 aliphatic rings. The fraction of sp³-hybridized carbons (Fsp3) is 0.455. The molecule has 0 saturated carbocycles. The van der Waals surface area contributed by atoms with E-state index in [1.54, 1.807) is 6.92 Å². The predicted molar refractivity (Wildman–Crippen MR) is 59.1 cm³/mol. The van der Waals surface area contributed by atoms with Crippen LogP contribution >= 0.6 is 0 Å². The van der Waals surface area contributed by atoms with Gasteiger partial charge >= 0.3 is 12.3 Å². The molecule has 0 fully saturated rings. The Bertz CT molecular complexity index is 491. The minimum atomic E-state index is -4.99. The van der Waals surface area contributed by atoms with Gasteiger partial charge in [0.1, 0.15) is 5.82 Å². The van der Waals surface area contributed by atoms with Crippen LogP contribution in [0.2, 0.25) is 0 Å². The van der Waals surface area contributed by atoms with Crippen LogP contribution in [0.5, 0.6) is 5.75 Å². The van der Waals surface area contributed by atoms with E-state index in [2.05, 4.69) is 14.5 Å². The lowest BCUT2D eigenvalue weighted by Crippen LogP contribution is -2.20. The van der Waals surface area contributed by atoms with Gasteiger partial charge in [0.25, 0.3) is 0 Å². The summed E-state index contributed by atoms with van der Waals surface area (Å²) in [5, 5.41) is 0. The SMILES string of the molecule is CCOC(=O)Cc1nc(CN)c(OC(F)(F)F)cc1F. The van der Waals surface area contributed by atoms with Crippen molar-refractivity contribution in [3.8, 4) is 5.75 Å². The van der Waals surface area contributed by atoms with Gasteiger partial charge in [-0.3, -0.25) is 4.79 Å². The Balaban J connectivity index is 3.03. The second-order valence-electron chi connectivity index (χ2n) is 3.60. The zero-order chi connectivity index (χ0) is 15.3. The number of carbonyl (C=O) groups excluding carboxylic acids is 1. The normalized spacial score (nSPS) is 11.3. The quantitative estimate of drug-likeness (QED) is 0.661. The Hall–Kier alpha value is -1.90. The molecule has 0 radical (unpaired) electrons. The molecule has 0 aliphatic carbocycles. The topological polar surface area (TPSA) is 74.4 Å². The predicted octanol–water partition coefficient (Wildman–Crippen LogP) is 1.68. The van der Waals surface area contributed by atoms with Crippen LogP contribution < -0.4 is 10.5 Å². The van der Waals surface area contributed by atoms with E-state index in [1.165, 1.54) is 0 Å². The molecule has 5 nitrogen and oxygen atoms in total. The van der Waals surface area contributed by atoms with Gasteiger partial charge in [0, 0.05) is 12.6 Å². The third-order valence-electron chi connectivity index (χ3n) is 2.12. The fourth-order valence-electron chi connectivity index (χ4n) is 1.39.